The Hall–Kier alpha value is -3.84. The lowest BCUT2D eigenvalue weighted by atomic mass is 9.39. The summed E-state index contributed by atoms with van der Waals surface area (Å²) >= 11 is 0. The van der Waals surface area contributed by atoms with Crippen LogP contribution in [0.25, 0.3) is 11.1 Å². The first-order valence-electron chi connectivity index (χ1n) is 16.3. The highest BCUT2D eigenvalue weighted by atomic mass is 16.5. The van der Waals surface area contributed by atoms with Gasteiger partial charge in [-0.2, -0.15) is 0 Å². The number of carbonyl (C=O) groups is 4. The molecule has 0 saturated heterocycles. The number of esters is 1. The molecule has 3 aliphatic rings. The number of primary amides is 1. The maximum absolute atomic E-state index is 14.5. The minimum absolute atomic E-state index is 0.0141. The second-order valence-corrected chi connectivity index (χ2v) is 14.4. The van der Waals surface area contributed by atoms with Crippen molar-refractivity contribution < 1.29 is 49.1 Å². The van der Waals surface area contributed by atoms with Crippen LogP contribution in [0.5, 0.6) is 11.5 Å². The van der Waals surface area contributed by atoms with Crippen molar-refractivity contribution in [2.24, 2.45) is 40.2 Å². The lowest BCUT2D eigenvalue weighted by Gasteiger charge is -2.66. The van der Waals surface area contributed by atoms with Crippen molar-refractivity contribution in [1.82, 2.24) is 5.32 Å². The van der Waals surface area contributed by atoms with Crippen LogP contribution in [-0.4, -0.2) is 81.9 Å². The SMILES string of the molecule is CCOC(=O)CNCc1ccc(OC)c(-c2ccc(O)c3c2C[C@]2(C)C[C@]4(C)[C@@H](C(C)C)C(O)[C@@H](C(N)=O)C(=O)[C@]4(O)C(O)[C@H]2C3=O)c1. The fraction of sp³-hybridized carbons (Fsp3) is 0.556. The van der Waals surface area contributed by atoms with E-state index in [2.05, 4.69) is 5.32 Å². The molecule has 0 aliphatic heterocycles. The normalized spacial score (nSPS) is 32.7. The highest BCUT2D eigenvalue weighted by Gasteiger charge is 2.75. The molecule has 2 aromatic carbocycles. The Morgan fingerprint density at radius 2 is 1.79 bits per heavy atom. The molecule has 2 unspecified atom stereocenters. The average molecular weight is 667 g/mol. The number of nitrogens with two attached hydrogens (primary N) is 1. The van der Waals surface area contributed by atoms with Crippen LogP contribution >= 0.6 is 0 Å². The number of aromatic hydroxyl groups is 1. The van der Waals surface area contributed by atoms with Gasteiger partial charge < -0.3 is 41.0 Å². The molecule has 2 aromatic rings. The van der Waals surface area contributed by atoms with Crippen molar-refractivity contribution in [3.05, 3.63) is 47.0 Å². The molecule has 12 heteroatoms. The quantitative estimate of drug-likeness (QED) is 0.168. The number of phenols is 1. The molecule has 48 heavy (non-hydrogen) atoms. The number of hydrogen-bond acceptors (Lipinski definition) is 11. The molecule has 8 atom stereocenters. The van der Waals surface area contributed by atoms with Crippen molar-refractivity contribution in [1.29, 1.82) is 0 Å². The second kappa shape index (κ2) is 12.6. The van der Waals surface area contributed by atoms with Crippen LogP contribution in [0.15, 0.2) is 30.3 Å². The van der Waals surface area contributed by atoms with Gasteiger partial charge in [0.2, 0.25) is 5.91 Å². The third kappa shape index (κ3) is 5.20. The highest BCUT2D eigenvalue weighted by Crippen LogP contribution is 2.66. The van der Waals surface area contributed by atoms with E-state index in [-0.39, 0.29) is 49.2 Å². The zero-order valence-electron chi connectivity index (χ0n) is 28.2. The number of carbonyl (C=O) groups excluding carboxylic acids is 4. The molecular weight excluding hydrogens is 620 g/mol. The fourth-order valence-corrected chi connectivity index (χ4v) is 9.38. The van der Waals surface area contributed by atoms with Gasteiger partial charge in [-0.25, -0.2) is 0 Å². The van der Waals surface area contributed by atoms with Gasteiger partial charge in [0, 0.05) is 17.5 Å². The number of phenolic OH excluding ortho intramolecular Hbond substituents is 1. The maximum Gasteiger partial charge on any atom is 0.319 e. The third-order valence-corrected chi connectivity index (χ3v) is 11.1. The Balaban J connectivity index is 1.64. The van der Waals surface area contributed by atoms with Gasteiger partial charge in [0.25, 0.3) is 0 Å². The minimum Gasteiger partial charge on any atom is -0.507 e. The Labute approximate surface area is 279 Å². The Morgan fingerprint density at radius 3 is 2.40 bits per heavy atom. The van der Waals surface area contributed by atoms with Crippen molar-refractivity contribution in [2.45, 2.75) is 71.8 Å². The molecule has 260 valence electrons. The van der Waals surface area contributed by atoms with Crippen molar-refractivity contribution in [3.8, 4) is 22.6 Å². The minimum atomic E-state index is -2.58. The highest BCUT2D eigenvalue weighted by molar-refractivity contribution is 6.09. The molecule has 0 aromatic heterocycles. The average Bonchev–Trinajstić information content (AvgIpc) is 2.99. The van der Waals surface area contributed by atoms with Gasteiger partial charge >= 0.3 is 5.97 Å². The second-order valence-electron chi connectivity index (χ2n) is 14.4. The molecule has 0 radical (unpaired) electrons. The number of fused-ring (bicyclic) bond motifs is 3. The smallest absolute Gasteiger partial charge is 0.319 e. The standard InChI is InChI=1S/C36H46N2O10/c1-7-48-24(40)15-38-14-18-8-11-23(47-6)20(12-18)19-9-10-22(39)25-21(19)13-34(4)16-35(5)27(17(2)3)30(42)26(33(37)45)31(43)36(35,46)32(44)28(34)29(25)41/h8-12,17,26-28,30,32,38-39,42,44,46H,7,13-16H2,1-6H3,(H2,37,45)/t26-,27+,28-,30?,32?,34-,35-,36+/m1/s1. The van der Waals surface area contributed by atoms with Gasteiger partial charge in [-0.15, -0.1) is 0 Å². The summed E-state index contributed by atoms with van der Waals surface area (Å²) < 4.78 is 10.7. The van der Waals surface area contributed by atoms with Gasteiger partial charge in [-0.3, -0.25) is 19.2 Å². The van der Waals surface area contributed by atoms with Crippen LogP contribution in [0.3, 0.4) is 0 Å². The molecule has 12 nitrogen and oxygen atoms in total. The summed E-state index contributed by atoms with van der Waals surface area (Å²) in [5.41, 5.74) is 2.96. The molecule has 0 bridgehead atoms. The first-order valence-corrected chi connectivity index (χ1v) is 16.3. The zero-order valence-corrected chi connectivity index (χ0v) is 28.2. The molecule has 3 aliphatic carbocycles. The van der Waals surface area contributed by atoms with Crippen LogP contribution in [0.4, 0.5) is 0 Å². The van der Waals surface area contributed by atoms with E-state index in [1.165, 1.54) is 13.2 Å². The number of amides is 1. The summed E-state index contributed by atoms with van der Waals surface area (Å²) in [7, 11) is 1.52. The third-order valence-electron chi connectivity index (χ3n) is 11.1. The van der Waals surface area contributed by atoms with Crippen LogP contribution in [0, 0.1) is 34.5 Å². The Morgan fingerprint density at radius 1 is 1.10 bits per heavy atom. The first-order chi connectivity index (χ1) is 22.5. The molecule has 0 spiro atoms. The van der Waals surface area contributed by atoms with Crippen LogP contribution in [0.1, 0.15) is 62.5 Å². The molecular formula is C36H46N2O10. The summed E-state index contributed by atoms with van der Waals surface area (Å²) in [5.74, 6) is -7.37. The van der Waals surface area contributed by atoms with Crippen LogP contribution in [0.2, 0.25) is 0 Å². The number of nitrogens with one attached hydrogen (secondary N) is 1. The lowest BCUT2D eigenvalue weighted by molar-refractivity contribution is -0.265. The summed E-state index contributed by atoms with van der Waals surface area (Å²) in [6.07, 6.45) is -3.28. The number of hydrogen-bond donors (Lipinski definition) is 6. The number of ketones is 2. The maximum atomic E-state index is 14.5. The lowest BCUT2D eigenvalue weighted by Crippen LogP contribution is -2.79. The number of benzene rings is 2. The number of aliphatic hydroxyl groups is 3. The summed E-state index contributed by atoms with van der Waals surface area (Å²) in [6.45, 7) is 9.38. The monoisotopic (exact) mass is 666 g/mol. The summed E-state index contributed by atoms with van der Waals surface area (Å²) in [6, 6.07) is 8.55. The van der Waals surface area contributed by atoms with Crippen molar-refractivity contribution >= 4 is 23.4 Å². The van der Waals surface area contributed by atoms with Crippen LogP contribution in [-0.2, 0) is 32.1 Å². The van der Waals surface area contributed by atoms with Gasteiger partial charge in [-0.1, -0.05) is 39.8 Å². The predicted octanol–water partition coefficient (Wildman–Crippen LogP) is 1.90. The van der Waals surface area contributed by atoms with E-state index < -0.39 is 63.9 Å². The van der Waals surface area contributed by atoms with E-state index in [4.69, 9.17) is 15.2 Å². The van der Waals surface area contributed by atoms with Gasteiger partial charge in [-0.05, 0) is 71.9 Å². The Kier molecular flexibility index (Phi) is 9.28. The van der Waals surface area contributed by atoms with E-state index in [1.807, 2.05) is 19.1 Å². The largest absolute Gasteiger partial charge is 0.507 e. The molecule has 7 N–H and O–H groups in total. The van der Waals surface area contributed by atoms with E-state index in [0.717, 1.165) is 5.56 Å². The molecule has 2 fully saturated rings. The number of ether oxygens (including phenoxy) is 2. The van der Waals surface area contributed by atoms with Crippen LogP contribution < -0.4 is 15.8 Å². The summed E-state index contributed by atoms with van der Waals surface area (Å²) in [5, 5.41) is 49.9. The van der Waals surface area contributed by atoms with E-state index >= 15 is 0 Å². The molecule has 0 heterocycles. The van der Waals surface area contributed by atoms with Gasteiger partial charge in [0.05, 0.1) is 37.8 Å². The van der Waals surface area contributed by atoms with Crippen molar-refractivity contribution in [3.63, 3.8) is 0 Å². The number of rotatable bonds is 9. The Bertz CT molecular complexity index is 1660. The predicted molar refractivity (Wildman–Crippen MR) is 174 cm³/mol. The molecule has 1 amide bonds. The van der Waals surface area contributed by atoms with Gasteiger partial charge in [0.1, 0.15) is 23.5 Å². The number of methoxy groups -OCH3 is 1. The number of aliphatic hydroxyl groups excluding tert-OH is 2. The zero-order chi connectivity index (χ0) is 35.5. The first kappa shape index (κ1) is 35.5. The summed E-state index contributed by atoms with van der Waals surface area (Å²) in [4.78, 5) is 52.7. The van der Waals surface area contributed by atoms with Crippen molar-refractivity contribution in [2.75, 3.05) is 20.3 Å². The van der Waals surface area contributed by atoms with E-state index in [1.54, 1.807) is 39.8 Å². The molecule has 5 rings (SSSR count). The van der Waals surface area contributed by atoms with E-state index in [0.29, 0.717) is 29.0 Å². The fourth-order valence-electron chi connectivity index (χ4n) is 9.38. The molecule has 2 saturated carbocycles. The topological polar surface area (TPSA) is 206 Å². The van der Waals surface area contributed by atoms with Gasteiger partial charge in [0.15, 0.2) is 17.2 Å². The number of Topliss-reactive ketones (excluding diaryl/α,β-unsaturated/α-hetero) is 2. The van der Waals surface area contributed by atoms with E-state index in [9.17, 15) is 39.6 Å².